The third kappa shape index (κ3) is 3.34. The number of anilines is 1. The van der Waals surface area contributed by atoms with Crippen LogP contribution in [0.3, 0.4) is 0 Å². The number of aryl methyl sites for hydroxylation is 1. The molecule has 1 aromatic carbocycles. The lowest BCUT2D eigenvalue weighted by Gasteiger charge is -2.08. The number of nitrogens with zero attached hydrogens (tertiary/aromatic N) is 2. The Morgan fingerprint density at radius 3 is 2.72 bits per heavy atom. The van der Waals surface area contributed by atoms with E-state index < -0.39 is 0 Å². The van der Waals surface area contributed by atoms with Gasteiger partial charge in [-0.05, 0) is 42.6 Å². The van der Waals surface area contributed by atoms with Crippen LogP contribution in [-0.4, -0.2) is 21.6 Å². The lowest BCUT2D eigenvalue weighted by molar-refractivity contribution is 0.475. The molecular weight excluding hydrogens is 250 g/mol. The van der Waals surface area contributed by atoms with E-state index in [1.54, 1.807) is 18.3 Å². The molecule has 0 unspecified atom stereocenters. The van der Waals surface area contributed by atoms with Gasteiger partial charge in [-0.15, -0.1) is 0 Å². The van der Waals surface area contributed by atoms with Crippen molar-refractivity contribution < 1.29 is 5.11 Å². The maximum Gasteiger partial charge on any atom is 0.224 e. The average Bonchev–Trinajstić information content (AvgIpc) is 2.36. The second kappa shape index (κ2) is 5.69. The molecule has 2 N–H and O–H groups in total. The fraction of sp³-hybridized carbons (Fsp3) is 0.231. The van der Waals surface area contributed by atoms with Gasteiger partial charge in [-0.1, -0.05) is 12.1 Å². The lowest BCUT2D eigenvalue weighted by atomic mass is 10.1. The van der Waals surface area contributed by atoms with Gasteiger partial charge in [-0.25, -0.2) is 9.97 Å². The van der Waals surface area contributed by atoms with E-state index in [0.717, 1.165) is 29.9 Å². The molecule has 1 aromatic heterocycles. The van der Waals surface area contributed by atoms with Gasteiger partial charge in [0, 0.05) is 18.3 Å². The van der Waals surface area contributed by atoms with Crippen molar-refractivity contribution in [3.63, 3.8) is 0 Å². The van der Waals surface area contributed by atoms with Crippen molar-refractivity contribution in [2.75, 3.05) is 11.9 Å². The van der Waals surface area contributed by atoms with E-state index in [-0.39, 0.29) is 11.0 Å². The number of hydrogen-bond donors (Lipinski definition) is 2. The first-order valence-electron chi connectivity index (χ1n) is 5.66. The van der Waals surface area contributed by atoms with Crippen LogP contribution in [0.4, 0.5) is 5.82 Å². The van der Waals surface area contributed by atoms with E-state index in [4.69, 9.17) is 11.6 Å². The summed E-state index contributed by atoms with van der Waals surface area (Å²) in [5.41, 5.74) is 2.11. The fourth-order valence-electron chi connectivity index (χ4n) is 1.59. The molecule has 5 heteroatoms. The Morgan fingerprint density at radius 1 is 1.28 bits per heavy atom. The average molecular weight is 264 g/mol. The molecule has 18 heavy (non-hydrogen) atoms. The summed E-state index contributed by atoms with van der Waals surface area (Å²) < 4.78 is 0. The number of nitrogens with one attached hydrogen (secondary N) is 1. The maximum absolute atomic E-state index is 9.18. The Balaban J connectivity index is 1.92. The number of benzene rings is 1. The predicted octanol–water partition coefficient (Wildman–Crippen LogP) is 2.80. The minimum atomic E-state index is 0.243. The van der Waals surface area contributed by atoms with Crippen LogP contribution in [0.2, 0.25) is 5.28 Å². The molecule has 0 saturated heterocycles. The summed E-state index contributed by atoms with van der Waals surface area (Å²) in [5.74, 6) is 1.04. The molecule has 0 spiro atoms. The van der Waals surface area contributed by atoms with Gasteiger partial charge in [0.25, 0.3) is 0 Å². The first-order chi connectivity index (χ1) is 8.65. The molecule has 0 amide bonds. The number of aromatic nitrogens is 2. The quantitative estimate of drug-likeness (QED) is 0.833. The summed E-state index contributed by atoms with van der Waals surface area (Å²) in [6.07, 6.45) is 2.54. The number of aromatic hydroxyl groups is 1. The van der Waals surface area contributed by atoms with Gasteiger partial charge in [-0.3, -0.25) is 0 Å². The second-order valence-corrected chi connectivity index (χ2v) is 4.35. The molecule has 1 heterocycles. The Bertz CT molecular complexity index is 528. The summed E-state index contributed by atoms with van der Waals surface area (Å²) in [7, 11) is 0. The van der Waals surface area contributed by atoms with Crippen LogP contribution in [0.15, 0.2) is 30.5 Å². The van der Waals surface area contributed by atoms with E-state index in [9.17, 15) is 5.11 Å². The Hall–Kier alpha value is -1.81. The van der Waals surface area contributed by atoms with E-state index in [0.29, 0.717) is 0 Å². The van der Waals surface area contributed by atoms with Gasteiger partial charge in [0.1, 0.15) is 11.6 Å². The molecule has 0 saturated carbocycles. The lowest BCUT2D eigenvalue weighted by Crippen LogP contribution is -2.08. The number of halogens is 1. The topological polar surface area (TPSA) is 58.0 Å². The number of phenolic OH excluding ortho intramolecular Hbond substituents is 1. The summed E-state index contributed by atoms with van der Waals surface area (Å²) in [5, 5.41) is 12.6. The van der Waals surface area contributed by atoms with Gasteiger partial charge >= 0.3 is 0 Å². The van der Waals surface area contributed by atoms with Crippen molar-refractivity contribution in [1.82, 2.24) is 9.97 Å². The van der Waals surface area contributed by atoms with E-state index in [2.05, 4.69) is 15.3 Å². The number of hydrogen-bond acceptors (Lipinski definition) is 4. The van der Waals surface area contributed by atoms with Gasteiger partial charge in [0.15, 0.2) is 0 Å². The highest BCUT2D eigenvalue weighted by Crippen LogP contribution is 2.13. The molecule has 0 aliphatic carbocycles. The minimum Gasteiger partial charge on any atom is -0.508 e. The van der Waals surface area contributed by atoms with Gasteiger partial charge in [0.05, 0.1) is 0 Å². The molecule has 0 aliphatic rings. The third-order valence-corrected chi connectivity index (χ3v) is 2.77. The van der Waals surface area contributed by atoms with Crippen molar-refractivity contribution in [3.8, 4) is 5.75 Å². The Morgan fingerprint density at radius 2 is 2.00 bits per heavy atom. The molecule has 0 aliphatic heterocycles. The zero-order valence-electron chi connectivity index (χ0n) is 10.0. The first kappa shape index (κ1) is 12.6. The van der Waals surface area contributed by atoms with E-state index in [1.807, 2.05) is 19.1 Å². The largest absolute Gasteiger partial charge is 0.508 e. The van der Waals surface area contributed by atoms with E-state index >= 15 is 0 Å². The SMILES string of the molecule is Cc1cnc(Cl)nc1NCCc1ccc(O)cc1. The highest BCUT2D eigenvalue weighted by Gasteiger charge is 2.01. The van der Waals surface area contributed by atoms with Crippen LogP contribution in [0.1, 0.15) is 11.1 Å². The monoisotopic (exact) mass is 263 g/mol. The van der Waals surface area contributed by atoms with Crippen molar-refractivity contribution in [2.24, 2.45) is 0 Å². The Labute approximate surface area is 111 Å². The smallest absolute Gasteiger partial charge is 0.224 e. The Kier molecular flexibility index (Phi) is 3.99. The molecule has 0 radical (unpaired) electrons. The first-order valence-corrected chi connectivity index (χ1v) is 6.04. The standard InChI is InChI=1S/C13H14ClN3O/c1-9-8-16-13(14)17-12(9)15-7-6-10-2-4-11(18)5-3-10/h2-5,8,18H,6-7H2,1H3,(H,15,16,17). The number of rotatable bonds is 4. The highest BCUT2D eigenvalue weighted by molar-refractivity contribution is 6.28. The van der Waals surface area contributed by atoms with Crippen LogP contribution in [0.25, 0.3) is 0 Å². The van der Waals surface area contributed by atoms with Gasteiger partial charge < -0.3 is 10.4 Å². The molecule has 2 rings (SSSR count). The zero-order valence-corrected chi connectivity index (χ0v) is 10.8. The van der Waals surface area contributed by atoms with Crippen molar-refractivity contribution in [1.29, 1.82) is 0 Å². The predicted molar refractivity (Wildman–Crippen MR) is 72.1 cm³/mol. The summed E-state index contributed by atoms with van der Waals surface area (Å²) in [6.45, 7) is 2.68. The minimum absolute atomic E-state index is 0.243. The van der Waals surface area contributed by atoms with Gasteiger partial charge in [-0.2, -0.15) is 0 Å². The van der Waals surface area contributed by atoms with Crippen molar-refractivity contribution in [2.45, 2.75) is 13.3 Å². The van der Waals surface area contributed by atoms with Crippen molar-refractivity contribution in [3.05, 3.63) is 46.9 Å². The number of phenols is 1. The van der Waals surface area contributed by atoms with Gasteiger partial charge in [0.2, 0.25) is 5.28 Å². The van der Waals surface area contributed by atoms with Crippen molar-refractivity contribution >= 4 is 17.4 Å². The molecule has 4 nitrogen and oxygen atoms in total. The van der Waals surface area contributed by atoms with Crippen LogP contribution < -0.4 is 5.32 Å². The molecule has 0 fully saturated rings. The van der Waals surface area contributed by atoms with Crippen LogP contribution in [0, 0.1) is 6.92 Å². The summed E-state index contributed by atoms with van der Waals surface area (Å²) >= 11 is 5.74. The third-order valence-electron chi connectivity index (χ3n) is 2.58. The highest BCUT2D eigenvalue weighted by atomic mass is 35.5. The molecule has 0 bridgehead atoms. The molecule has 94 valence electrons. The molecular formula is C13H14ClN3O. The van der Waals surface area contributed by atoms with Crippen LogP contribution in [-0.2, 0) is 6.42 Å². The van der Waals surface area contributed by atoms with Crippen LogP contribution >= 0.6 is 11.6 Å². The molecule has 0 atom stereocenters. The fourth-order valence-corrected chi connectivity index (χ4v) is 1.72. The summed E-state index contributed by atoms with van der Waals surface area (Å²) in [6, 6.07) is 7.16. The normalized spacial score (nSPS) is 10.3. The van der Waals surface area contributed by atoms with Crippen LogP contribution in [0.5, 0.6) is 5.75 Å². The molecule has 2 aromatic rings. The van der Waals surface area contributed by atoms with E-state index in [1.165, 1.54) is 0 Å². The summed E-state index contributed by atoms with van der Waals surface area (Å²) in [4.78, 5) is 8.02. The second-order valence-electron chi connectivity index (χ2n) is 4.01. The maximum atomic E-state index is 9.18. The zero-order chi connectivity index (χ0) is 13.0.